The maximum atomic E-state index is 13.1. The Morgan fingerprint density at radius 2 is 1.87 bits per heavy atom. The number of para-hydroxylation sites is 2. The summed E-state index contributed by atoms with van der Waals surface area (Å²) in [5.41, 5.74) is 2.65. The fourth-order valence-corrected chi connectivity index (χ4v) is 4.32. The molecule has 2 aromatic carbocycles. The third-order valence-electron chi connectivity index (χ3n) is 5.14. The first-order valence-corrected chi connectivity index (χ1v) is 11.2. The van der Waals surface area contributed by atoms with Crippen molar-refractivity contribution in [2.75, 3.05) is 49.5 Å². The molecule has 1 fully saturated rings. The van der Waals surface area contributed by atoms with Gasteiger partial charge in [-0.05, 0) is 43.3 Å². The number of ether oxygens (including phenoxy) is 1. The highest BCUT2D eigenvalue weighted by Crippen LogP contribution is 2.29. The maximum absolute atomic E-state index is 13.1. The molecule has 8 heteroatoms. The predicted molar refractivity (Wildman–Crippen MR) is 122 cm³/mol. The Balaban J connectivity index is 1.28. The topological polar surface area (TPSA) is 57.7 Å². The second-order valence-electron chi connectivity index (χ2n) is 7.26. The van der Waals surface area contributed by atoms with E-state index in [-0.39, 0.29) is 11.7 Å². The summed E-state index contributed by atoms with van der Waals surface area (Å²) in [4.78, 5) is 21.4. The van der Waals surface area contributed by atoms with E-state index in [1.165, 1.54) is 23.5 Å². The highest BCUT2D eigenvalue weighted by atomic mass is 32.1. The Bertz CT molecular complexity index is 1020. The molecule has 31 heavy (non-hydrogen) atoms. The number of carbonyl (C=O) groups is 1. The molecule has 2 heterocycles. The summed E-state index contributed by atoms with van der Waals surface area (Å²) in [5, 5.41) is 5.29. The zero-order valence-electron chi connectivity index (χ0n) is 17.4. The molecule has 0 saturated carbocycles. The largest absolute Gasteiger partial charge is 0.492 e. The molecule has 1 N–H and O–H groups in total. The average Bonchev–Trinajstić information content (AvgIpc) is 3.24. The molecule has 162 valence electrons. The van der Waals surface area contributed by atoms with E-state index < -0.39 is 0 Å². The van der Waals surface area contributed by atoms with Gasteiger partial charge in [-0.2, -0.15) is 0 Å². The first-order valence-electron chi connectivity index (χ1n) is 10.3. The van der Waals surface area contributed by atoms with Crippen LogP contribution in [0.2, 0.25) is 0 Å². The fraction of sp³-hybridized carbons (Fsp3) is 0.304. The van der Waals surface area contributed by atoms with Crippen molar-refractivity contribution in [1.82, 2.24) is 9.88 Å². The predicted octanol–water partition coefficient (Wildman–Crippen LogP) is 4.11. The second-order valence-corrected chi connectivity index (χ2v) is 8.12. The number of halogens is 1. The van der Waals surface area contributed by atoms with Gasteiger partial charge < -0.3 is 15.0 Å². The average molecular weight is 441 g/mol. The van der Waals surface area contributed by atoms with Gasteiger partial charge >= 0.3 is 0 Å². The van der Waals surface area contributed by atoms with Gasteiger partial charge in [0.2, 0.25) is 5.91 Å². The number of anilines is 2. The van der Waals surface area contributed by atoms with Gasteiger partial charge in [-0.15, -0.1) is 11.3 Å². The monoisotopic (exact) mass is 440 g/mol. The molecule has 1 saturated heterocycles. The number of carbonyl (C=O) groups excluding carboxylic acids is 1. The van der Waals surface area contributed by atoms with Gasteiger partial charge in [0.05, 0.1) is 24.5 Å². The molecule has 0 spiro atoms. The van der Waals surface area contributed by atoms with E-state index in [9.17, 15) is 9.18 Å². The van der Waals surface area contributed by atoms with Crippen LogP contribution in [0.15, 0.2) is 53.9 Å². The van der Waals surface area contributed by atoms with E-state index in [0.717, 1.165) is 48.9 Å². The van der Waals surface area contributed by atoms with Crippen LogP contribution in [0, 0.1) is 5.82 Å². The van der Waals surface area contributed by atoms with Crippen LogP contribution in [0.3, 0.4) is 0 Å². The van der Waals surface area contributed by atoms with Crippen molar-refractivity contribution in [3.05, 3.63) is 59.7 Å². The second kappa shape index (κ2) is 9.89. The zero-order chi connectivity index (χ0) is 21.6. The minimum absolute atomic E-state index is 0.0804. The highest BCUT2D eigenvalue weighted by molar-refractivity contribution is 7.14. The summed E-state index contributed by atoms with van der Waals surface area (Å²) in [7, 11) is 0. The van der Waals surface area contributed by atoms with Crippen molar-refractivity contribution >= 4 is 28.1 Å². The van der Waals surface area contributed by atoms with Gasteiger partial charge in [0, 0.05) is 37.1 Å². The van der Waals surface area contributed by atoms with Gasteiger partial charge in [0.15, 0.2) is 5.13 Å². The number of nitrogens with zero attached hydrogens (tertiary/aromatic N) is 3. The number of thiazole rings is 1. The van der Waals surface area contributed by atoms with E-state index >= 15 is 0 Å². The summed E-state index contributed by atoms with van der Waals surface area (Å²) in [6.45, 7) is 6.22. The molecule has 0 radical (unpaired) electrons. The third kappa shape index (κ3) is 5.39. The summed E-state index contributed by atoms with van der Waals surface area (Å²) in [6, 6.07) is 14.2. The smallest absolute Gasteiger partial charge is 0.240 e. The lowest BCUT2D eigenvalue weighted by molar-refractivity contribution is -0.117. The number of hydrogen-bond acceptors (Lipinski definition) is 6. The van der Waals surface area contributed by atoms with Gasteiger partial charge in [-0.3, -0.25) is 9.69 Å². The molecule has 1 aliphatic heterocycles. The first kappa shape index (κ1) is 21.3. The van der Waals surface area contributed by atoms with E-state index in [0.29, 0.717) is 18.3 Å². The van der Waals surface area contributed by atoms with Crippen LogP contribution in [0.1, 0.15) is 6.92 Å². The molecule has 1 amide bonds. The standard InChI is InChI=1S/C23H25FN4O2S/c1-2-30-21-6-4-3-5-20(21)28-13-11-27(12-14-28)15-22(29)26-23-25-19(16-31-23)17-7-9-18(24)10-8-17/h3-10,16H,2,11-15H2,1H3,(H,25,26,29). The van der Waals surface area contributed by atoms with E-state index in [1.54, 1.807) is 12.1 Å². The molecular formula is C23H25FN4O2S. The SMILES string of the molecule is CCOc1ccccc1N1CCN(CC(=O)Nc2nc(-c3ccc(F)cc3)cs2)CC1. The number of benzene rings is 2. The van der Waals surface area contributed by atoms with Crippen molar-refractivity contribution in [1.29, 1.82) is 0 Å². The molecule has 1 aromatic heterocycles. The minimum Gasteiger partial charge on any atom is -0.492 e. The van der Waals surface area contributed by atoms with Crippen LogP contribution in [-0.2, 0) is 4.79 Å². The molecule has 6 nitrogen and oxygen atoms in total. The van der Waals surface area contributed by atoms with E-state index in [1.807, 2.05) is 30.5 Å². The van der Waals surface area contributed by atoms with Crippen molar-refractivity contribution in [2.24, 2.45) is 0 Å². The number of nitrogens with one attached hydrogen (secondary N) is 1. The Morgan fingerprint density at radius 3 is 2.61 bits per heavy atom. The fourth-order valence-electron chi connectivity index (χ4n) is 3.59. The normalized spacial score (nSPS) is 14.5. The molecule has 0 unspecified atom stereocenters. The van der Waals surface area contributed by atoms with Crippen LogP contribution in [-0.4, -0.2) is 55.1 Å². The lowest BCUT2D eigenvalue weighted by Crippen LogP contribution is -2.48. The summed E-state index contributed by atoms with van der Waals surface area (Å²) in [6.07, 6.45) is 0. The van der Waals surface area contributed by atoms with Crippen LogP contribution in [0.25, 0.3) is 11.3 Å². The number of aromatic nitrogens is 1. The Labute approximate surface area is 185 Å². The minimum atomic E-state index is -0.283. The first-order chi connectivity index (χ1) is 15.1. The number of amides is 1. The van der Waals surface area contributed by atoms with E-state index in [4.69, 9.17) is 4.74 Å². The lowest BCUT2D eigenvalue weighted by Gasteiger charge is -2.36. The molecule has 1 aliphatic rings. The summed E-state index contributed by atoms with van der Waals surface area (Å²) in [5.74, 6) is 0.536. The van der Waals surface area contributed by atoms with Gasteiger partial charge in [0.25, 0.3) is 0 Å². The van der Waals surface area contributed by atoms with Crippen LogP contribution < -0.4 is 15.0 Å². The quantitative estimate of drug-likeness (QED) is 0.599. The summed E-state index contributed by atoms with van der Waals surface area (Å²) < 4.78 is 18.8. The molecular weight excluding hydrogens is 415 g/mol. The molecule has 3 aromatic rings. The Hall–Kier alpha value is -2.97. The van der Waals surface area contributed by atoms with Gasteiger partial charge in [0.1, 0.15) is 11.6 Å². The van der Waals surface area contributed by atoms with Crippen molar-refractivity contribution in [3.63, 3.8) is 0 Å². The maximum Gasteiger partial charge on any atom is 0.240 e. The van der Waals surface area contributed by atoms with Crippen LogP contribution in [0.5, 0.6) is 5.75 Å². The van der Waals surface area contributed by atoms with Gasteiger partial charge in [-0.1, -0.05) is 12.1 Å². The number of piperazine rings is 1. The number of hydrogen-bond donors (Lipinski definition) is 1. The van der Waals surface area contributed by atoms with Crippen molar-refractivity contribution in [2.45, 2.75) is 6.92 Å². The highest BCUT2D eigenvalue weighted by Gasteiger charge is 2.21. The molecule has 4 rings (SSSR count). The zero-order valence-corrected chi connectivity index (χ0v) is 18.2. The van der Waals surface area contributed by atoms with Gasteiger partial charge in [-0.25, -0.2) is 9.37 Å². The Kier molecular flexibility index (Phi) is 6.79. The Morgan fingerprint density at radius 1 is 1.13 bits per heavy atom. The van der Waals surface area contributed by atoms with Crippen LogP contribution >= 0.6 is 11.3 Å². The lowest BCUT2D eigenvalue weighted by atomic mass is 10.2. The van der Waals surface area contributed by atoms with E-state index in [2.05, 4.69) is 26.2 Å². The third-order valence-corrected chi connectivity index (χ3v) is 5.89. The van der Waals surface area contributed by atoms with Crippen molar-refractivity contribution in [3.8, 4) is 17.0 Å². The summed E-state index contributed by atoms with van der Waals surface area (Å²) >= 11 is 1.37. The van der Waals surface area contributed by atoms with Crippen LogP contribution in [0.4, 0.5) is 15.2 Å². The molecule has 0 atom stereocenters. The molecule has 0 aliphatic carbocycles. The van der Waals surface area contributed by atoms with Crippen molar-refractivity contribution < 1.29 is 13.9 Å². The molecule has 0 bridgehead atoms. The number of rotatable bonds is 7.